The summed E-state index contributed by atoms with van der Waals surface area (Å²) >= 11 is 1.33. The maximum absolute atomic E-state index is 13.1. The van der Waals surface area contributed by atoms with E-state index >= 15 is 0 Å². The molecule has 1 aliphatic heterocycles. The SMILES string of the molecule is C=CCn1c(=O)c2ccccc2n2c(SCC(=O)N3CC=C(c4c[nH]c5ncccc45)CC3)nnc12. The van der Waals surface area contributed by atoms with Crippen molar-refractivity contribution >= 4 is 51.0 Å². The minimum absolute atomic E-state index is 0.0383. The summed E-state index contributed by atoms with van der Waals surface area (Å²) in [5.41, 5.74) is 3.82. The monoisotopic (exact) mass is 497 g/mol. The molecule has 1 N–H and O–H groups in total. The number of pyridine rings is 1. The number of carbonyl (C=O) groups is 1. The first-order chi connectivity index (χ1) is 17.7. The predicted molar refractivity (Wildman–Crippen MR) is 141 cm³/mol. The molecule has 0 aliphatic carbocycles. The molecule has 1 aliphatic rings. The van der Waals surface area contributed by atoms with Gasteiger partial charge in [-0.2, -0.15) is 0 Å². The quantitative estimate of drug-likeness (QED) is 0.285. The van der Waals surface area contributed by atoms with Crippen LogP contribution in [0.15, 0.2) is 77.5 Å². The fourth-order valence-corrected chi connectivity index (χ4v) is 5.54. The molecule has 0 fully saturated rings. The first-order valence-electron chi connectivity index (χ1n) is 11.7. The van der Waals surface area contributed by atoms with Crippen molar-refractivity contribution in [3.63, 3.8) is 0 Å². The number of aromatic nitrogens is 6. The molecule has 0 saturated heterocycles. The Morgan fingerprint density at radius 2 is 2.03 bits per heavy atom. The second-order valence-corrected chi connectivity index (χ2v) is 9.49. The van der Waals surface area contributed by atoms with Gasteiger partial charge in [-0.3, -0.25) is 18.6 Å². The molecule has 5 aromatic rings. The highest BCUT2D eigenvalue weighted by Gasteiger charge is 2.22. The van der Waals surface area contributed by atoms with Gasteiger partial charge in [0.25, 0.3) is 5.56 Å². The molecular weight excluding hydrogens is 474 g/mol. The van der Waals surface area contributed by atoms with Crippen molar-refractivity contribution in [2.24, 2.45) is 0 Å². The third-order valence-electron chi connectivity index (χ3n) is 6.47. The van der Waals surface area contributed by atoms with Crippen LogP contribution in [0.2, 0.25) is 0 Å². The summed E-state index contributed by atoms with van der Waals surface area (Å²) in [6.07, 6.45) is 8.33. The number of hydrogen-bond donors (Lipinski definition) is 1. The van der Waals surface area contributed by atoms with E-state index in [0.29, 0.717) is 36.0 Å². The molecule has 6 rings (SSSR count). The van der Waals surface area contributed by atoms with E-state index in [4.69, 9.17) is 0 Å². The van der Waals surface area contributed by atoms with Crippen LogP contribution in [0.25, 0.3) is 33.3 Å². The summed E-state index contributed by atoms with van der Waals surface area (Å²) in [7, 11) is 0. The molecule has 5 heterocycles. The molecule has 0 atom stereocenters. The number of fused-ring (bicyclic) bond motifs is 4. The van der Waals surface area contributed by atoms with Crippen LogP contribution in [-0.2, 0) is 11.3 Å². The van der Waals surface area contributed by atoms with Gasteiger partial charge < -0.3 is 9.88 Å². The first kappa shape index (κ1) is 22.3. The van der Waals surface area contributed by atoms with E-state index in [1.807, 2.05) is 39.8 Å². The second kappa shape index (κ2) is 9.12. The van der Waals surface area contributed by atoms with E-state index < -0.39 is 0 Å². The number of allylic oxidation sites excluding steroid dienone is 1. The van der Waals surface area contributed by atoms with Gasteiger partial charge in [0, 0.05) is 43.0 Å². The number of nitrogens with zero attached hydrogens (tertiary/aromatic N) is 6. The Balaban J connectivity index is 1.22. The van der Waals surface area contributed by atoms with E-state index in [-0.39, 0.29) is 17.2 Å². The van der Waals surface area contributed by atoms with Gasteiger partial charge in [-0.25, -0.2) is 4.98 Å². The second-order valence-electron chi connectivity index (χ2n) is 8.55. The summed E-state index contributed by atoms with van der Waals surface area (Å²) in [5.74, 6) is 0.708. The summed E-state index contributed by atoms with van der Waals surface area (Å²) in [6, 6.07) is 11.4. The van der Waals surface area contributed by atoms with Gasteiger partial charge in [0.15, 0.2) is 5.16 Å². The minimum atomic E-state index is -0.139. The molecule has 0 radical (unpaired) electrons. The molecule has 10 heteroatoms. The van der Waals surface area contributed by atoms with Gasteiger partial charge in [-0.1, -0.05) is 36.0 Å². The van der Waals surface area contributed by atoms with E-state index in [2.05, 4.69) is 38.9 Å². The van der Waals surface area contributed by atoms with Crippen molar-refractivity contribution in [2.75, 3.05) is 18.8 Å². The van der Waals surface area contributed by atoms with E-state index in [1.165, 1.54) is 17.3 Å². The van der Waals surface area contributed by atoms with Crippen molar-refractivity contribution in [3.05, 3.63) is 83.4 Å². The Morgan fingerprint density at radius 1 is 1.17 bits per heavy atom. The lowest BCUT2D eigenvalue weighted by Gasteiger charge is -2.26. The molecule has 0 unspecified atom stereocenters. The predicted octanol–water partition coefficient (Wildman–Crippen LogP) is 3.51. The Hall–Kier alpha value is -4.18. The van der Waals surface area contributed by atoms with Crippen molar-refractivity contribution in [2.45, 2.75) is 18.1 Å². The zero-order chi connectivity index (χ0) is 24.6. The largest absolute Gasteiger partial charge is 0.346 e. The Kier molecular flexibility index (Phi) is 5.65. The number of carbonyl (C=O) groups excluding carboxylic acids is 1. The standard InChI is InChI=1S/C26H23N7O2S/c1-2-12-32-24(35)19-6-3-4-8-21(19)33-25(32)29-30-26(33)36-16-22(34)31-13-9-17(10-14-31)20-15-28-23-18(20)7-5-11-27-23/h2-9,11,15H,1,10,12-14,16H2,(H,27,28). The number of para-hydroxylation sites is 1. The van der Waals surface area contributed by atoms with E-state index in [9.17, 15) is 9.59 Å². The van der Waals surface area contributed by atoms with Crippen molar-refractivity contribution in [1.82, 2.24) is 34.0 Å². The third-order valence-corrected chi connectivity index (χ3v) is 7.39. The van der Waals surface area contributed by atoms with E-state index in [0.717, 1.165) is 28.5 Å². The number of benzene rings is 1. The lowest BCUT2D eigenvalue weighted by Crippen LogP contribution is -2.35. The van der Waals surface area contributed by atoms with Gasteiger partial charge in [-0.05, 0) is 36.3 Å². The van der Waals surface area contributed by atoms with Crippen LogP contribution in [0, 0.1) is 0 Å². The van der Waals surface area contributed by atoms with Crippen LogP contribution in [0.5, 0.6) is 0 Å². The van der Waals surface area contributed by atoms with E-state index in [1.54, 1.807) is 22.9 Å². The highest BCUT2D eigenvalue weighted by atomic mass is 32.2. The average Bonchev–Trinajstić information content (AvgIpc) is 3.54. The molecule has 36 heavy (non-hydrogen) atoms. The maximum atomic E-state index is 13.1. The molecule has 0 bridgehead atoms. The van der Waals surface area contributed by atoms with Gasteiger partial charge >= 0.3 is 0 Å². The number of amides is 1. The summed E-state index contributed by atoms with van der Waals surface area (Å²) in [4.78, 5) is 35.5. The number of rotatable bonds is 6. The Bertz CT molecular complexity index is 1730. The number of H-pyrrole nitrogens is 1. The topological polar surface area (TPSA) is 101 Å². The average molecular weight is 498 g/mol. The molecule has 1 aromatic carbocycles. The third kappa shape index (κ3) is 3.70. The lowest BCUT2D eigenvalue weighted by atomic mass is 9.99. The number of thioether (sulfide) groups is 1. The molecular formula is C26H23N7O2S. The molecule has 9 nitrogen and oxygen atoms in total. The van der Waals surface area contributed by atoms with Crippen molar-refractivity contribution in [1.29, 1.82) is 0 Å². The fourth-order valence-electron chi connectivity index (χ4n) is 4.70. The fraction of sp³-hybridized carbons (Fsp3) is 0.192. The zero-order valence-electron chi connectivity index (χ0n) is 19.4. The van der Waals surface area contributed by atoms with Gasteiger partial charge in [0.1, 0.15) is 5.65 Å². The van der Waals surface area contributed by atoms with Crippen LogP contribution in [0.1, 0.15) is 12.0 Å². The van der Waals surface area contributed by atoms with Crippen LogP contribution >= 0.6 is 11.8 Å². The van der Waals surface area contributed by atoms with Crippen molar-refractivity contribution < 1.29 is 4.79 Å². The maximum Gasteiger partial charge on any atom is 0.263 e. The van der Waals surface area contributed by atoms with Gasteiger partial charge in [0.2, 0.25) is 11.7 Å². The number of hydrogen-bond acceptors (Lipinski definition) is 6. The van der Waals surface area contributed by atoms with Crippen LogP contribution in [0.4, 0.5) is 0 Å². The van der Waals surface area contributed by atoms with Crippen LogP contribution in [-0.4, -0.2) is 58.8 Å². The van der Waals surface area contributed by atoms with Gasteiger partial charge in [0.05, 0.1) is 16.7 Å². The summed E-state index contributed by atoms with van der Waals surface area (Å²) < 4.78 is 3.39. The lowest BCUT2D eigenvalue weighted by molar-refractivity contribution is -0.127. The first-order valence-corrected chi connectivity index (χ1v) is 12.6. The summed E-state index contributed by atoms with van der Waals surface area (Å²) in [6.45, 7) is 5.29. The minimum Gasteiger partial charge on any atom is -0.346 e. The molecule has 0 spiro atoms. The molecule has 0 saturated carbocycles. The van der Waals surface area contributed by atoms with Crippen LogP contribution < -0.4 is 5.56 Å². The molecule has 1 amide bonds. The Morgan fingerprint density at radius 3 is 2.86 bits per heavy atom. The van der Waals surface area contributed by atoms with Crippen LogP contribution in [0.3, 0.4) is 0 Å². The zero-order valence-corrected chi connectivity index (χ0v) is 20.2. The number of nitrogens with one attached hydrogen (secondary N) is 1. The highest BCUT2D eigenvalue weighted by Crippen LogP contribution is 2.29. The normalized spacial score (nSPS) is 14.0. The molecule has 180 valence electrons. The van der Waals surface area contributed by atoms with Crippen molar-refractivity contribution in [3.8, 4) is 0 Å². The molecule has 4 aromatic heterocycles. The van der Waals surface area contributed by atoms with Gasteiger partial charge in [-0.15, -0.1) is 16.8 Å². The highest BCUT2D eigenvalue weighted by molar-refractivity contribution is 7.99. The number of aromatic amines is 1. The Labute approximate surface area is 210 Å². The summed E-state index contributed by atoms with van der Waals surface area (Å²) in [5, 5.41) is 10.8. The smallest absolute Gasteiger partial charge is 0.263 e.